The van der Waals surface area contributed by atoms with Crippen LogP contribution in [0.15, 0.2) is 36.9 Å². The Bertz CT molecular complexity index is 329. The van der Waals surface area contributed by atoms with Gasteiger partial charge in [0.2, 0.25) is 0 Å². The van der Waals surface area contributed by atoms with Crippen molar-refractivity contribution in [2.75, 3.05) is 26.7 Å². The van der Waals surface area contributed by atoms with Gasteiger partial charge in [0.25, 0.3) is 0 Å². The zero-order valence-corrected chi connectivity index (χ0v) is 11.8. The molecule has 0 aliphatic heterocycles. The minimum Gasteiger partial charge on any atom is -0.316 e. The molecule has 0 heterocycles. The van der Waals surface area contributed by atoms with Crippen molar-refractivity contribution < 1.29 is 0 Å². The van der Waals surface area contributed by atoms with E-state index in [0.29, 0.717) is 0 Å². The number of benzene rings is 1. The summed E-state index contributed by atoms with van der Waals surface area (Å²) in [4.78, 5) is 2.25. The first-order chi connectivity index (χ1) is 8.76. The van der Waals surface area contributed by atoms with Crippen molar-refractivity contribution in [3.05, 3.63) is 48.0 Å². The van der Waals surface area contributed by atoms with Crippen LogP contribution in [0, 0.1) is 0 Å². The van der Waals surface area contributed by atoms with Crippen molar-refractivity contribution in [1.29, 1.82) is 0 Å². The number of likely N-dealkylation sites (N-methyl/N-ethyl adjacent to an activating group) is 1. The summed E-state index contributed by atoms with van der Waals surface area (Å²) in [6.07, 6.45) is 4.26. The van der Waals surface area contributed by atoms with Crippen molar-refractivity contribution in [1.82, 2.24) is 10.2 Å². The molecule has 0 amide bonds. The topological polar surface area (TPSA) is 15.3 Å². The molecule has 0 unspecified atom stereocenters. The number of nitrogens with zero attached hydrogens (tertiary/aromatic N) is 1. The minimum absolute atomic E-state index is 0.933. The summed E-state index contributed by atoms with van der Waals surface area (Å²) in [6, 6.07) is 8.94. The standard InChI is InChI=1S/C16H26N2/c1-4-11-17-12-10-15-6-8-16(9-7-15)14-18(3)13-5-2/h5-9,17H,2,4,10-14H2,1,3H3. The molecular weight excluding hydrogens is 220 g/mol. The first kappa shape index (κ1) is 14.9. The summed E-state index contributed by atoms with van der Waals surface area (Å²) in [5.74, 6) is 0. The summed E-state index contributed by atoms with van der Waals surface area (Å²) in [5.41, 5.74) is 2.78. The number of rotatable bonds is 9. The third-order valence-electron chi connectivity index (χ3n) is 2.93. The van der Waals surface area contributed by atoms with Gasteiger partial charge in [-0.15, -0.1) is 6.58 Å². The van der Waals surface area contributed by atoms with Crippen LogP contribution in [0.4, 0.5) is 0 Å². The van der Waals surface area contributed by atoms with E-state index in [0.717, 1.165) is 32.6 Å². The smallest absolute Gasteiger partial charge is 0.0233 e. The highest BCUT2D eigenvalue weighted by atomic mass is 15.1. The SMILES string of the molecule is C=CCN(C)Cc1ccc(CCNCCC)cc1. The van der Waals surface area contributed by atoms with Gasteiger partial charge in [0.1, 0.15) is 0 Å². The van der Waals surface area contributed by atoms with Crippen molar-refractivity contribution in [2.24, 2.45) is 0 Å². The number of hydrogen-bond donors (Lipinski definition) is 1. The van der Waals surface area contributed by atoms with Crippen LogP contribution in [0.1, 0.15) is 24.5 Å². The minimum atomic E-state index is 0.933. The molecule has 0 spiro atoms. The normalized spacial score (nSPS) is 10.8. The molecule has 0 bridgehead atoms. The average molecular weight is 246 g/mol. The molecule has 1 rings (SSSR count). The van der Waals surface area contributed by atoms with Crippen LogP contribution in [-0.4, -0.2) is 31.6 Å². The maximum absolute atomic E-state index is 3.76. The Morgan fingerprint density at radius 3 is 2.44 bits per heavy atom. The predicted octanol–water partition coefficient (Wildman–Crippen LogP) is 2.85. The molecule has 0 saturated carbocycles. The fourth-order valence-electron chi connectivity index (χ4n) is 1.94. The van der Waals surface area contributed by atoms with Crippen LogP contribution in [0.25, 0.3) is 0 Å². The van der Waals surface area contributed by atoms with Crippen molar-refractivity contribution in [2.45, 2.75) is 26.3 Å². The Hall–Kier alpha value is -1.12. The van der Waals surface area contributed by atoms with Gasteiger partial charge in [-0.2, -0.15) is 0 Å². The van der Waals surface area contributed by atoms with Gasteiger partial charge in [-0.05, 0) is 44.1 Å². The second kappa shape index (κ2) is 8.90. The highest BCUT2D eigenvalue weighted by molar-refractivity contribution is 5.22. The quantitative estimate of drug-likeness (QED) is 0.532. The highest BCUT2D eigenvalue weighted by Gasteiger charge is 1.99. The predicted molar refractivity (Wildman–Crippen MR) is 79.8 cm³/mol. The van der Waals surface area contributed by atoms with Gasteiger partial charge in [0, 0.05) is 13.1 Å². The van der Waals surface area contributed by atoms with Crippen molar-refractivity contribution in [3.8, 4) is 0 Å². The third-order valence-corrected chi connectivity index (χ3v) is 2.93. The lowest BCUT2D eigenvalue weighted by Crippen LogP contribution is -2.18. The first-order valence-corrected chi connectivity index (χ1v) is 6.84. The summed E-state index contributed by atoms with van der Waals surface area (Å²) in [5, 5.41) is 3.43. The lowest BCUT2D eigenvalue weighted by molar-refractivity contribution is 0.363. The van der Waals surface area contributed by atoms with Gasteiger partial charge in [-0.25, -0.2) is 0 Å². The second-order valence-electron chi connectivity index (χ2n) is 4.80. The molecule has 0 aliphatic carbocycles. The molecule has 2 heteroatoms. The van der Waals surface area contributed by atoms with E-state index in [-0.39, 0.29) is 0 Å². The number of nitrogens with one attached hydrogen (secondary N) is 1. The molecule has 1 aromatic rings. The van der Waals surface area contributed by atoms with Crippen LogP contribution in [0.5, 0.6) is 0 Å². The summed E-state index contributed by atoms with van der Waals surface area (Å²) in [6.45, 7) is 10.1. The van der Waals surface area contributed by atoms with Crippen molar-refractivity contribution in [3.63, 3.8) is 0 Å². The van der Waals surface area contributed by atoms with E-state index >= 15 is 0 Å². The zero-order valence-electron chi connectivity index (χ0n) is 11.8. The van der Waals surface area contributed by atoms with E-state index in [2.05, 4.69) is 55.0 Å². The molecule has 0 aromatic heterocycles. The lowest BCUT2D eigenvalue weighted by atomic mass is 10.1. The van der Waals surface area contributed by atoms with Crippen LogP contribution >= 0.6 is 0 Å². The van der Waals surface area contributed by atoms with Crippen LogP contribution < -0.4 is 5.32 Å². The molecule has 18 heavy (non-hydrogen) atoms. The van der Waals surface area contributed by atoms with Crippen LogP contribution in [0.2, 0.25) is 0 Å². The third kappa shape index (κ3) is 5.99. The van der Waals surface area contributed by atoms with Gasteiger partial charge in [0.15, 0.2) is 0 Å². The maximum atomic E-state index is 3.76. The van der Waals surface area contributed by atoms with E-state index in [1.54, 1.807) is 0 Å². The molecule has 2 nitrogen and oxygen atoms in total. The second-order valence-corrected chi connectivity index (χ2v) is 4.80. The molecule has 1 aromatic carbocycles. The Morgan fingerprint density at radius 2 is 1.83 bits per heavy atom. The van der Waals surface area contributed by atoms with E-state index in [1.807, 2.05) is 6.08 Å². The molecule has 0 saturated heterocycles. The first-order valence-electron chi connectivity index (χ1n) is 6.84. The highest BCUT2D eigenvalue weighted by Crippen LogP contribution is 2.07. The van der Waals surface area contributed by atoms with E-state index in [1.165, 1.54) is 17.5 Å². The van der Waals surface area contributed by atoms with E-state index in [9.17, 15) is 0 Å². The molecule has 0 atom stereocenters. The maximum Gasteiger partial charge on any atom is 0.0233 e. The van der Waals surface area contributed by atoms with Gasteiger partial charge in [-0.1, -0.05) is 37.3 Å². The zero-order chi connectivity index (χ0) is 13.2. The van der Waals surface area contributed by atoms with E-state index in [4.69, 9.17) is 0 Å². The van der Waals surface area contributed by atoms with Crippen LogP contribution in [-0.2, 0) is 13.0 Å². The molecule has 0 fully saturated rings. The number of hydrogen-bond acceptors (Lipinski definition) is 2. The lowest BCUT2D eigenvalue weighted by Gasteiger charge is -2.14. The van der Waals surface area contributed by atoms with E-state index < -0.39 is 0 Å². The Labute approximate surface area is 112 Å². The summed E-state index contributed by atoms with van der Waals surface area (Å²) >= 11 is 0. The molecular formula is C16H26N2. The fraction of sp³-hybridized carbons (Fsp3) is 0.500. The Kier molecular flexibility index (Phi) is 7.38. The summed E-state index contributed by atoms with van der Waals surface area (Å²) in [7, 11) is 2.12. The monoisotopic (exact) mass is 246 g/mol. The van der Waals surface area contributed by atoms with Gasteiger partial charge >= 0.3 is 0 Å². The molecule has 0 aliphatic rings. The van der Waals surface area contributed by atoms with Gasteiger partial charge < -0.3 is 5.32 Å². The molecule has 1 N–H and O–H groups in total. The summed E-state index contributed by atoms with van der Waals surface area (Å²) < 4.78 is 0. The molecule has 0 radical (unpaired) electrons. The Morgan fingerprint density at radius 1 is 1.17 bits per heavy atom. The Balaban J connectivity index is 2.35. The average Bonchev–Trinajstić information content (AvgIpc) is 2.37. The largest absolute Gasteiger partial charge is 0.316 e. The molecule has 100 valence electrons. The van der Waals surface area contributed by atoms with Gasteiger partial charge in [-0.3, -0.25) is 4.90 Å². The van der Waals surface area contributed by atoms with Crippen molar-refractivity contribution >= 4 is 0 Å². The van der Waals surface area contributed by atoms with Gasteiger partial charge in [0.05, 0.1) is 0 Å². The van der Waals surface area contributed by atoms with Crippen LogP contribution in [0.3, 0.4) is 0 Å². The fourth-order valence-corrected chi connectivity index (χ4v) is 1.94.